The third-order valence-electron chi connectivity index (χ3n) is 2.66. The third kappa shape index (κ3) is 4.98. The Morgan fingerprint density at radius 3 is 2.43 bits per heavy atom. The number of aromatic hydroxyl groups is 1. The highest BCUT2D eigenvalue weighted by Gasteiger charge is 2.14. The number of phenols is 1. The van der Waals surface area contributed by atoms with E-state index < -0.39 is 11.8 Å². The predicted octanol–water partition coefficient (Wildman–Crippen LogP) is 2.79. The van der Waals surface area contributed by atoms with Crippen molar-refractivity contribution < 1.29 is 14.7 Å². The van der Waals surface area contributed by atoms with E-state index in [1.165, 1.54) is 30.5 Å². The van der Waals surface area contributed by atoms with E-state index in [-0.39, 0.29) is 16.5 Å². The topological polar surface area (TPSA) is 90.8 Å². The monoisotopic (exact) mass is 351 g/mol. The minimum atomic E-state index is -0.962. The number of halogens is 2. The molecule has 0 heterocycles. The van der Waals surface area contributed by atoms with E-state index in [2.05, 4.69) is 15.8 Å². The van der Waals surface area contributed by atoms with Crippen LogP contribution in [0.2, 0.25) is 10.0 Å². The maximum atomic E-state index is 11.7. The Kier molecular flexibility index (Phi) is 5.56. The summed E-state index contributed by atoms with van der Waals surface area (Å²) in [6.45, 7) is 0. The molecular weight excluding hydrogens is 341 g/mol. The average Bonchev–Trinajstić information content (AvgIpc) is 2.52. The molecule has 23 heavy (non-hydrogen) atoms. The zero-order valence-corrected chi connectivity index (χ0v) is 13.1. The van der Waals surface area contributed by atoms with E-state index in [9.17, 15) is 9.59 Å². The summed E-state index contributed by atoms with van der Waals surface area (Å²) in [5, 5.41) is 15.7. The van der Waals surface area contributed by atoms with Crippen molar-refractivity contribution in [2.24, 2.45) is 5.10 Å². The van der Waals surface area contributed by atoms with Crippen LogP contribution in [0.25, 0.3) is 0 Å². The number of rotatable bonds is 3. The number of hydrazone groups is 1. The summed E-state index contributed by atoms with van der Waals surface area (Å²) < 4.78 is 0. The molecule has 0 radical (unpaired) electrons. The molecule has 0 unspecified atom stereocenters. The highest BCUT2D eigenvalue weighted by Crippen LogP contribution is 2.25. The number of nitrogens with zero attached hydrogens (tertiary/aromatic N) is 1. The summed E-state index contributed by atoms with van der Waals surface area (Å²) in [6, 6.07) is 10.6. The Balaban J connectivity index is 1.93. The third-order valence-corrected chi connectivity index (χ3v) is 3.22. The smallest absolute Gasteiger partial charge is 0.329 e. The lowest BCUT2D eigenvalue weighted by atomic mass is 10.2. The summed E-state index contributed by atoms with van der Waals surface area (Å²) in [4.78, 5) is 23.4. The number of amides is 2. The number of carbonyl (C=O) groups is 2. The minimum Gasteiger partial charge on any atom is -0.508 e. The molecule has 2 amide bonds. The van der Waals surface area contributed by atoms with E-state index in [1.54, 1.807) is 18.2 Å². The quantitative estimate of drug-likeness (QED) is 0.451. The summed E-state index contributed by atoms with van der Waals surface area (Å²) in [5.74, 6) is -1.78. The Hall–Kier alpha value is -2.57. The van der Waals surface area contributed by atoms with Crippen LogP contribution >= 0.6 is 23.2 Å². The van der Waals surface area contributed by atoms with E-state index in [1.807, 2.05) is 0 Å². The van der Waals surface area contributed by atoms with Crippen molar-refractivity contribution in [3.8, 4) is 5.75 Å². The van der Waals surface area contributed by atoms with Crippen LogP contribution in [-0.4, -0.2) is 23.1 Å². The highest BCUT2D eigenvalue weighted by molar-refractivity contribution is 6.42. The number of nitrogens with one attached hydrogen (secondary N) is 2. The van der Waals surface area contributed by atoms with Gasteiger partial charge in [0.2, 0.25) is 0 Å². The molecule has 2 rings (SSSR count). The molecular formula is C15H11Cl2N3O3. The Morgan fingerprint density at radius 1 is 1.04 bits per heavy atom. The number of benzene rings is 2. The van der Waals surface area contributed by atoms with Gasteiger partial charge in [0, 0.05) is 5.02 Å². The second-order valence-electron chi connectivity index (χ2n) is 4.37. The van der Waals surface area contributed by atoms with Crippen LogP contribution in [0.5, 0.6) is 5.75 Å². The van der Waals surface area contributed by atoms with Crippen molar-refractivity contribution in [3.63, 3.8) is 0 Å². The Morgan fingerprint density at radius 2 is 1.74 bits per heavy atom. The molecule has 0 aliphatic heterocycles. The lowest BCUT2D eigenvalue weighted by Gasteiger charge is -2.06. The molecule has 8 heteroatoms. The van der Waals surface area contributed by atoms with Gasteiger partial charge in [-0.1, -0.05) is 23.2 Å². The molecule has 0 aromatic heterocycles. The normalized spacial score (nSPS) is 10.5. The molecule has 0 atom stereocenters. The maximum Gasteiger partial charge on any atom is 0.329 e. The van der Waals surface area contributed by atoms with Gasteiger partial charge in [0.05, 0.1) is 16.9 Å². The zero-order chi connectivity index (χ0) is 16.8. The summed E-state index contributed by atoms with van der Waals surface area (Å²) >= 11 is 11.7. The van der Waals surface area contributed by atoms with Gasteiger partial charge in [0.1, 0.15) is 5.75 Å². The summed E-state index contributed by atoms with van der Waals surface area (Å²) in [6.07, 6.45) is 1.33. The first-order valence-corrected chi connectivity index (χ1v) is 7.10. The second-order valence-corrected chi connectivity index (χ2v) is 5.21. The van der Waals surface area contributed by atoms with Gasteiger partial charge in [0.15, 0.2) is 0 Å². The van der Waals surface area contributed by atoms with Gasteiger partial charge in [-0.05, 0) is 48.0 Å². The van der Waals surface area contributed by atoms with Crippen molar-refractivity contribution in [1.82, 2.24) is 5.43 Å². The van der Waals surface area contributed by atoms with Crippen LogP contribution in [0, 0.1) is 0 Å². The molecule has 2 aromatic carbocycles. The summed E-state index contributed by atoms with van der Waals surface area (Å²) in [7, 11) is 0. The van der Waals surface area contributed by atoms with Gasteiger partial charge < -0.3 is 10.4 Å². The number of carbonyl (C=O) groups excluding carboxylic acids is 2. The molecule has 0 bridgehead atoms. The van der Waals surface area contributed by atoms with Crippen LogP contribution in [0.1, 0.15) is 5.56 Å². The van der Waals surface area contributed by atoms with Gasteiger partial charge in [0.25, 0.3) is 0 Å². The van der Waals surface area contributed by atoms with Crippen LogP contribution in [0.3, 0.4) is 0 Å². The molecule has 0 aliphatic rings. The molecule has 6 nitrogen and oxygen atoms in total. The van der Waals surface area contributed by atoms with E-state index in [0.717, 1.165) is 0 Å². The fourth-order valence-corrected chi connectivity index (χ4v) is 1.89. The molecule has 2 aromatic rings. The number of phenolic OH excluding ortho intramolecular Hbond substituents is 1. The van der Waals surface area contributed by atoms with Gasteiger partial charge in [-0.25, -0.2) is 5.43 Å². The second kappa shape index (κ2) is 7.62. The first kappa shape index (κ1) is 16.8. The fraction of sp³-hybridized carbons (Fsp3) is 0. The average molecular weight is 352 g/mol. The summed E-state index contributed by atoms with van der Waals surface area (Å²) in [5.41, 5.74) is 2.94. The SMILES string of the molecule is O=C(N/N=C\c1ccc(O)cc1)C(=O)Nc1cc(Cl)ccc1Cl. The molecule has 118 valence electrons. The van der Waals surface area contributed by atoms with E-state index in [0.29, 0.717) is 10.6 Å². The van der Waals surface area contributed by atoms with Gasteiger partial charge in [-0.3, -0.25) is 9.59 Å². The maximum absolute atomic E-state index is 11.7. The van der Waals surface area contributed by atoms with Gasteiger partial charge >= 0.3 is 11.8 Å². The Bertz CT molecular complexity index is 761. The molecule has 0 spiro atoms. The number of hydrogen-bond donors (Lipinski definition) is 3. The number of anilines is 1. The predicted molar refractivity (Wildman–Crippen MR) is 88.9 cm³/mol. The molecule has 0 fully saturated rings. The Labute approximate surface area is 141 Å². The van der Waals surface area contributed by atoms with Crippen molar-refractivity contribution >= 4 is 46.9 Å². The standard InChI is InChI=1S/C15H11Cl2N3O3/c16-10-3-6-12(17)13(7-10)19-14(22)15(23)20-18-8-9-1-4-11(21)5-2-9/h1-8,21H,(H,19,22)(H,20,23)/b18-8-. The van der Waals surface area contributed by atoms with Gasteiger partial charge in [-0.15, -0.1) is 0 Å². The zero-order valence-electron chi connectivity index (χ0n) is 11.6. The van der Waals surface area contributed by atoms with Crippen molar-refractivity contribution in [3.05, 3.63) is 58.1 Å². The fourth-order valence-electron chi connectivity index (χ4n) is 1.55. The number of hydrogen-bond acceptors (Lipinski definition) is 4. The van der Waals surface area contributed by atoms with Crippen LogP contribution in [0.15, 0.2) is 47.6 Å². The minimum absolute atomic E-state index is 0.115. The first-order chi connectivity index (χ1) is 11.0. The van der Waals surface area contributed by atoms with Gasteiger partial charge in [-0.2, -0.15) is 5.10 Å². The molecule has 3 N–H and O–H groups in total. The largest absolute Gasteiger partial charge is 0.508 e. The van der Waals surface area contributed by atoms with Crippen LogP contribution < -0.4 is 10.7 Å². The molecule has 0 aliphatic carbocycles. The van der Waals surface area contributed by atoms with E-state index in [4.69, 9.17) is 28.3 Å². The van der Waals surface area contributed by atoms with Crippen molar-refractivity contribution in [2.75, 3.05) is 5.32 Å². The molecule has 0 saturated carbocycles. The highest BCUT2D eigenvalue weighted by atomic mass is 35.5. The van der Waals surface area contributed by atoms with Crippen LogP contribution in [0.4, 0.5) is 5.69 Å². The van der Waals surface area contributed by atoms with Crippen LogP contribution in [-0.2, 0) is 9.59 Å². The lowest BCUT2D eigenvalue weighted by Crippen LogP contribution is -2.32. The lowest BCUT2D eigenvalue weighted by molar-refractivity contribution is -0.136. The van der Waals surface area contributed by atoms with Crippen molar-refractivity contribution in [2.45, 2.75) is 0 Å². The first-order valence-electron chi connectivity index (χ1n) is 6.34. The van der Waals surface area contributed by atoms with E-state index >= 15 is 0 Å². The van der Waals surface area contributed by atoms with Crippen molar-refractivity contribution in [1.29, 1.82) is 0 Å². The molecule has 0 saturated heterocycles.